The molecule has 1 atom stereocenters. The van der Waals surface area contributed by atoms with Crippen LogP contribution >= 0.6 is 0 Å². The topological polar surface area (TPSA) is 55.4 Å². The van der Waals surface area contributed by atoms with Gasteiger partial charge < -0.3 is 10.1 Å². The Hall–Kier alpha value is -0.130. The molecular weight excluding hydrogens is 274 g/mol. The number of rotatable bonds is 9. The molecule has 0 saturated heterocycles. The van der Waals surface area contributed by atoms with E-state index in [1.807, 2.05) is 0 Å². The number of hydrogen-bond acceptors (Lipinski definition) is 4. The second kappa shape index (κ2) is 8.35. The van der Waals surface area contributed by atoms with E-state index in [0.29, 0.717) is 6.42 Å². The maximum atomic E-state index is 11.3. The van der Waals surface area contributed by atoms with Gasteiger partial charge >= 0.3 is 0 Å². The Kier molecular flexibility index (Phi) is 7.48. The summed E-state index contributed by atoms with van der Waals surface area (Å²) in [5, 5.41) is 3.54. The van der Waals surface area contributed by atoms with E-state index in [2.05, 4.69) is 19.2 Å². The molecule has 1 unspecified atom stereocenters. The van der Waals surface area contributed by atoms with Gasteiger partial charge in [-0.15, -0.1) is 0 Å². The molecule has 0 spiro atoms. The van der Waals surface area contributed by atoms with E-state index in [1.54, 1.807) is 0 Å². The molecule has 1 saturated carbocycles. The quantitative estimate of drug-likeness (QED) is 0.711. The van der Waals surface area contributed by atoms with Crippen LogP contribution in [0.4, 0.5) is 0 Å². The summed E-state index contributed by atoms with van der Waals surface area (Å²) in [5.74, 6) is 0.275. The van der Waals surface area contributed by atoms with Crippen molar-refractivity contribution in [3.63, 3.8) is 0 Å². The Bertz CT molecular complexity index is 356. The Morgan fingerprint density at radius 1 is 1.20 bits per heavy atom. The zero-order valence-electron chi connectivity index (χ0n) is 13.3. The van der Waals surface area contributed by atoms with Crippen LogP contribution in [0.1, 0.15) is 58.8 Å². The van der Waals surface area contributed by atoms with Crippen LogP contribution in [-0.2, 0) is 14.6 Å². The number of likely N-dealkylation sites (N-methyl/N-ethyl adjacent to an activating group) is 1. The largest absolute Gasteiger partial charge is 0.374 e. The minimum absolute atomic E-state index is 0.0828. The molecule has 120 valence electrons. The van der Waals surface area contributed by atoms with Crippen molar-refractivity contribution >= 4 is 9.84 Å². The van der Waals surface area contributed by atoms with Gasteiger partial charge in [-0.05, 0) is 39.2 Å². The van der Waals surface area contributed by atoms with E-state index in [9.17, 15) is 8.42 Å². The molecule has 1 aliphatic carbocycles. The SMILES string of the molecule is CCNC(CCCS(C)(=O)=O)C1(OCC)CCCCC1. The minimum atomic E-state index is -2.87. The highest BCUT2D eigenvalue weighted by molar-refractivity contribution is 7.90. The van der Waals surface area contributed by atoms with Crippen LogP contribution in [0.2, 0.25) is 0 Å². The number of hydrogen-bond donors (Lipinski definition) is 1. The molecular formula is C15H31NO3S. The van der Waals surface area contributed by atoms with Gasteiger partial charge in [0.15, 0.2) is 0 Å². The molecule has 0 aromatic rings. The fraction of sp³-hybridized carbons (Fsp3) is 1.00. The Balaban J connectivity index is 2.68. The maximum Gasteiger partial charge on any atom is 0.147 e. The summed E-state index contributed by atoms with van der Waals surface area (Å²) in [7, 11) is -2.87. The monoisotopic (exact) mass is 305 g/mol. The molecule has 0 aliphatic heterocycles. The van der Waals surface area contributed by atoms with Crippen LogP contribution in [0.3, 0.4) is 0 Å². The Labute approximate surface area is 124 Å². The molecule has 1 N–H and O–H groups in total. The molecule has 1 fully saturated rings. The lowest BCUT2D eigenvalue weighted by atomic mass is 9.77. The molecule has 0 aromatic carbocycles. The molecule has 1 aliphatic rings. The van der Waals surface area contributed by atoms with E-state index in [-0.39, 0.29) is 17.4 Å². The standard InChI is InChI=1S/C15H31NO3S/c1-4-16-14(10-9-13-20(3,17)18)15(19-5-2)11-7-6-8-12-15/h14,16H,4-13H2,1-3H3. The lowest BCUT2D eigenvalue weighted by molar-refractivity contribution is -0.0912. The first-order valence-electron chi connectivity index (χ1n) is 7.98. The maximum absolute atomic E-state index is 11.3. The van der Waals surface area contributed by atoms with Gasteiger partial charge in [0.2, 0.25) is 0 Å². The third-order valence-corrected chi connectivity index (χ3v) is 5.26. The predicted molar refractivity (Wildman–Crippen MR) is 83.9 cm³/mol. The first-order chi connectivity index (χ1) is 9.43. The molecule has 0 amide bonds. The van der Waals surface area contributed by atoms with Gasteiger partial charge in [-0.2, -0.15) is 0 Å². The third kappa shape index (κ3) is 5.70. The number of ether oxygens (including phenoxy) is 1. The van der Waals surface area contributed by atoms with Gasteiger partial charge in [0.25, 0.3) is 0 Å². The lowest BCUT2D eigenvalue weighted by Crippen LogP contribution is -2.53. The van der Waals surface area contributed by atoms with Gasteiger partial charge in [-0.1, -0.05) is 26.2 Å². The van der Waals surface area contributed by atoms with Gasteiger partial charge in [0, 0.05) is 24.7 Å². The summed E-state index contributed by atoms with van der Waals surface area (Å²) in [4.78, 5) is 0. The molecule has 0 radical (unpaired) electrons. The van der Waals surface area contributed by atoms with Crippen molar-refractivity contribution in [1.29, 1.82) is 0 Å². The van der Waals surface area contributed by atoms with E-state index in [0.717, 1.165) is 32.4 Å². The zero-order valence-corrected chi connectivity index (χ0v) is 14.1. The fourth-order valence-electron chi connectivity index (χ4n) is 3.38. The average molecular weight is 305 g/mol. The second-order valence-corrected chi connectivity index (χ2v) is 8.20. The first kappa shape index (κ1) is 17.9. The second-order valence-electron chi connectivity index (χ2n) is 5.94. The van der Waals surface area contributed by atoms with Crippen LogP contribution in [0.5, 0.6) is 0 Å². The molecule has 5 heteroatoms. The van der Waals surface area contributed by atoms with Crippen molar-refractivity contribution in [1.82, 2.24) is 5.32 Å². The van der Waals surface area contributed by atoms with Crippen molar-refractivity contribution < 1.29 is 13.2 Å². The van der Waals surface area contributed by atoms with Crippen molar-refractivity contribution in [3.8, 4) is 0 Å². The summed E-state index contributed by atoms with van der Waals surface area (Å²) in [5.41, 5.74) is -0.0828. The van der Waals surface area contributed by atoms with Crippen molar-refractivity contribution in [2.24, 2.45) is 0 Å². The lowest BCUT2D eigenvalue weighted by Gasteiger charge is -2.44. The third-order valence-electron chi connectivity index (χ3n) is 4.23. The smallest absolute Gasteiger partial charge is 0.147 e. The molecule has 0 heterocycles. The minimum Gasteiger partial charge on any atom is -0.374 e. The Morgan fingerprint density at radius 3 is 2.35 bits per heavy atom. The van der Waals surface area contributed by atoms with Gasteiger partial charge in [-0.3, -0.25) is 0 Å². The van der Waals surface area contributed by atoms with Gasteiger partial charge in [0.05, 0.1) is 5.60 Å². The summed E-state index contributed by atoms with van der Waals surface area (Å²) < 4.78 is 28.8. The first-order valence-corrected chi connectivity index (χ1v) is 10.0. The van der Waals surface area contributed by atoms with Crippen LogP contribution < -0.4 is 5.32 Å². The summed E-state index contributed by atoms with van der Waals surface area (Å²) in [6, 6.07) is 0.273. The van der Waals surface area contributed by atoms with E-state index < -0.39 is 9.84 Å². The number of nitrogens with one attached hydrogen (secondary N) is 1. The van der Waals surface area contributed by atoms with E-state index in [1.165, 1.54) is 25.5 Å². The van der Waals surface area contributed by atoms with Crippen molar-refractivity contribution in [3.05, 3.63) is 0 Å². The van der Waals surface area contributed by atoms with Crippen LogP contribution in [0.15, 0.2) is 0 Å². The van der Waals surface area contributed by atoms with Crippen molar-refractivity contribution in [2.45, 2.75) is 70.4 Å². The van der Waals surface area contributed by atoms with Crippen molar-refractivity contribution in [2.75, 3.05) is 25.2 Å². The molecule has 0 aromatic heterocycles. The zero-order chi connectivity index (χ0) is 15.1. The van der Waals surface area contributed by atoms with Gasteiger partial charge in [0.1, 0.15) is 9.84 Å². The fourth-order valence-corrected chi connectivity index (χ4v) is 4.07. The molecule has 4 nitrogen and oxygen atoms in total. The normalized spacial score (nSPS) is 20.8. The highest BCUT2D eigenvalue weighted by Crippen LogP contribution is 2.36. The van der Waals surface area contributed by atoms with E-state index in [4.69, 9.17) is 4.74 Å². The molecule has 20 heavy (non-hydrogen) atoms. The highest BCUT2D eigenvalue weighted by atomic mass is 32.2. The number of sulfone groups is 1. The van der Waals surface area contributed by atoms with E-state index >= 15 is 0 Å². The van der Waals surface area contributed by atoms with Crippen LogP contribution in [0, 0.1) is 0 Å². The summed E-state index contributed by atoms with van der Waals surface area (Å²) >= 11 is 0. The Morgan fingerprint density at radius 2 is 1.85 bits per heavy atom. The molecule has 0 bridgehead atoms. The van der Waals surface area contributed by atoms with Crippen LogP contribution in [-0.4, -0.2) is 45.2 Å². The molecule has 1 rings (SSSR count). The predicted octanol–water partition coefficient (Wildman–Crippen LogP) is 2.53. The average Bonchev–Trinajstić information content (AvgIpc) is 2.38. The summed E-state index contributed by atoms with van der Waals surface area (Å²) in [6.07, 6.45) is 8.81. The highest BCUT2D eigenvalue weighted by Gasteiger charge is 2.39. The van der Waals surface area contributed by atoms with Gasteiger partial charge in [-0.25, -0.2) is 8.42 Å². The van der Waals surface area contributed by atoms with Crippen LogP contribution in [0.25, 0.3) is 0 Å². The summed E-state index contributed by atoms with van der Waals surface area (Å²) in [6.45, 7) is 5.79.